The molecule has 0 spiro atoms. The quantitative estimate of drug-likeness (QED) is 0.0169. The van der Waals surface area contributed by atoms with Crippen molar-refractivity contribution in [2.75, 3.05) is 39.6 Å². The van der Waals surface area contributed by atoms with Gasteiger partial charge in [-0.15, -0.1) is 0 Å². The Morgan fingerprint density at radius 1 is 0.275 bits per heavy atom. The Kier molecular flexibility index (Phi) is 74.4. The lowest BCUT2D eigenvalue weighted by molar-refractivity contribution is -0.161. The molecule has 17 nitrogen and oxygen atoms in total. The van der Waals surface area contributed by atoms with E-state index in [0.29, 0.717) is 25.7 Å². The predicted molar refractivity (Wildman–Crippen MR) is 418 cm³/mol. The molecule has 5 atom stereocenters. The van der Waals surface area contributed by atoms with Crippen LogP contribution in [-0.2, 0) is 65.4 Å². The normalized spacial score (nSPS) is 14.0. The van der Waals surface area contributed by atoms with Gasteiger partial charge in [-0.3, -0.25) is 37.3 Å². The zero-order chi connectivity index (χ0) is 74.6. The fraction of sp³-hybridized carbons (Fsp3) is 0.880. The molecule has 2 unspecified atom stereocenters. The highest BCUT2D eigenvalue weighted by molar-refractivity contribution is 7.47. The molecule has 0 aliphatic carbocycles. The minimum atomic E-state index is -4.97. The first-order chi connectivity index (χ1) is 49.7. The molecule has 0 fully saturated rings. The van der Waals surface area contributed by atoms with Crippen molar-refractivity contribution in [3.63, 3.8) is 0 Å². The van der Waals surface area contributed by atoms with E-state index in [1.54, 1.807) is 0 Å². The van der Waals surface area contributed by atoms with E-state index in [9.17, 15) is 43.2 Å². The van der Waals surface area contributed by atoms with Crippen molar-refractivity contribution in [2.24, 2.45) is 0 Å². The SMILES string of the molecule is CCCCC/C=C\C/C=C\CCCCCCCC(=O)OC[C@H](COP(=O)(O)OC[C@@H](O)COP(=O)(O)OC[C@@H](COC(=O)CCCCCCCCCCCCCCCCC)OC(=O)CCCCCCC/C=C\CCCCCCCC)OC(=O)CCCCCCCCCCCCCCCCCCC. The number of unbranched alkanes of at least 4 members (excludes halogenated alkanes) is 49. The number of hydrogen-bond acceptors (Lipinski definition) is 15. The van der Waals surface area contributed by atoms with Gasteiger partial charge in [-0.1, -0.05) is 340 Å². The van der Waals surface area contributed by atoms with Gasteiger partial charge in [-0.25, -0.2) is 9.13 Å². The molecule has 0 amide bonds. The maximum atomic E-state index is 13.1. The average molecular weight is 1490 g/mol. The van der Waals surface area contributed by atoms with E-state index in [-0.39, 0.29) is 25.7 Å². The highest BCUT2D eigenvalue weighted by Crippen LogP contribution is 2.45. The summed E-state index contributed by atoms with van der Waals surface area (Å²) in [6, 6.07) is 0. The van der Waals surface area contributed by atoms with Gasteiger partial charge in [0, 0.05) is 25.7 Å². The maximum Gasteiger partial charge on any atom is 0.472 e. The van der Waals surface area contributed by atoms with Gasteiger partial charge in [0.15, 0.2) is 12.2 Å². The van der Waals surface area contributed by atoms with Gasteiger partial charge in [0.1, 0.15) is 19.3 Å². The molecule has 0 saturated heterocycles. The first-order valence-corrected chi connectivity index (χ1v) is 45.2. The molecule has 3 N–H and O–H groups in total. The third kappa shape index (κ3) is 75.5. The first-order valence-electron chi connectivity index (χ1n) is 42.2. The van der Waals surface area contributed by atoms with Crippen LogP contribution >= 0.6 is 15.6 Å². The van der Waals surface area contributed by atoms with E-state index in [4.69, 9.17) is 37.0 Å². The van der Waals surface area contributed by atoms with Crippen molar-refractivity contribution in [1.82, 2.24) is 0 Å². The van der Waals surface area contributed by atoms with Crippen molar-refractivity contribution in [1.29, 1.82) is 0 Å². The van der Waals surface area contributed by atoms with Crippen LogP contribution in [0.25, 0.3) is 0 Å². The Morgan fingerprint density at radius 2 is 0.480 bits per heavy atom. The molecule has 0 bridgehead atoms. The second-order valence-electron chi connectivity index (χ2n) is 28.8. The Labute approximate surface area is 624 Å². The molecule has 600 valence electrons. The number of carbonyl (C=O) groups is 4. The monoisotopic (exact) mass is 1490 g/mol. The van der Waals surface area contributed by atoms with Crippen LogP contribution in [0.5, 0.6) is 0 Å². The van der Waals surface area contributed by atoms with Crippen molar-refractivity contribution in [2.45, 2.75) is 431 Å². The minimum absolute atomic E-state index is 0.0930. The van der Waals surface area contributed by atoms with Crippen LogP contribution in [-0.4, -0.2) is 96.7 Å². The number of aliphatic hydroxyl groups excluding tert-OH is 1. The van der Waals surface area contributed by atoms with Gasteiger partial charge in [0.05, 0.1) is 26.4 Å². The highest BCUT2D eigenvalue weighted by Gasteiger charge is 2.30. The second kappa shape index (κ2) is 76.5. The summed E-state index contributed by atoms with van der Waals surface area (Å²) in [4.78, 5) is 73.1. The van der Waals surface area contributed by atoms with Crippen LogP contribution in [0, 0.1) is 0 Å². The van der Waals surface area contributed by atoms with Crippen molar-refractivity contribution < 1.29 is 80.2 Å². The number of aliphatic hydroxyl groups is 1. The van der Waals surface area contributed by atoms with Crippen molar-refractivity contribution in [3.8, 4) is 0 Å². The number of phosphoric ester groups is 2. The lowest BCUT2D eigenvalue weighted by Crippen LogP contribution is -2.30. The summed E-state index contributed by atoms with van der Waals surface area (Å²) in [5.74, 6) is -2.15. The molecule has 0 rings (SSSR count). The van der Waals surface area contributed by atoms with E-state index >= 15 is 0 Å². The van der Waals surface area contributed by atoms with Crippen LogP contribution in [0.2, 0.25) is 0 Å². The molecule has 0 saturated carbocycles. The van der Waals surface area contributed by atoms with Crippen molar-refractivity contribution >= 4 is 39.5 Å². The fourth-order valence-electron chi connectivity index (χ4n) is 12.1. The van der Waals surface area contributed by atoms with Gasteiger partial charge in [0.25, 0.3) is 0 Å². The first kappa shape index (κ1) is 99.3. The average Bonchev–Trinajstić information content (AvgIpc) is 1.12. The summed E-state index contributed by atoms with van der Waals surface area (Å²) in [5.41, 5.74) is 0. The molecular weight excluding hydrogens is 1330 g/mol. The molecular formula is C83H156O17P2. The van der Waals surface area contributed by atoms with Gasteiger partial charge >= 0.3 is 39.5 Å². The Morgan fingerprint density at radius 3 is 0.755 bits per heavy atom. The fourth-order valence-corrected chi connectivity index (χ4v) is 13.7. The van der Waals surface area contributed by atoms with Gasteiger partial charge in [-0.05, 0) is 83.5 Å². The summed E-state index contributed by atoms with van der Waals surface area (Å²) in [7, 11) is -9.94. The van der Waals surface area contributed by atoms with Crippen LogP contribution in [0.1, 0.15) is 413 Å². The largest absolute Gasteiger partial charge is 0.472 e. The molecule has 0 aromatic heterocycles. The van der Waals surface area contributed by atoms with Crippen molar-refractivity contribution in [3.05, 3.63) is 36.5 Å². The molecule has 0 aliphatic heterocycles. The molecule has 0 aromatic carbocycles. The van der Waals surface area contributed by atoms with E-state index in [1.807, 2.05) is 0 Å². The lowest BCUT2D eigenvalue weighted by atomic mass is 10.0. The van der Waals surface area contributed by atoms with Crippen LogP contribution in [0.4, 0.5) is 0 Å². The Balaban J connectivity index is 5.32. The van der Waals surface area contributed by atoms with Crippen LogP contribution in [0.15, 0.2) is 36.5 Å². The third-order valence-corrected chi connectivity index (χ3v) is 20.5. The molecule has 19 heteroatoms. The topological polar surface area (TPSA) is 237 Å². The molecule has 0 aliphatic rings. The van der Waals surface area contributed by atoms with Gasteiger partial charge < -0.3 is 33.8 Å². The van der Waals surface area contributed by atoms with Gasteiger partial charge in [0.2, 0.25) is 0 Å². The smallest absolute Gasteiger partial charge is 0.462 e. The second-order valence-corrected chi connectivity index (χ2v) is 31.7. The molecule has 102 heavy (non-hydrogen) atoms. The zero-order valence-electron chi connectivity index (χ0n) is 65.8. The van der Waals surface area contributed by atoms with E-state index < -0.39 is 97.5 Å². The molecule has 0 aromatic rings. The summed E-state index contributed by atoms with van der Waals surface area (Å²) in [6.45, 7) is 4.95. The lowest BCUT2D eigenvalue weighted by Gasteiger charge is -2.21. The summed E-state index contributed by atoms with van der Waals surface area (Å²) in [6.07, 6.45) is 73.9. The number of esters is 4. The summed E-state index contributed by atoms with van der Waals surface area (Å²) in [5, 5.41) is 10.7. The highest BCUT2D eigenvalue weighted by atomic mass is 31.2. The minimum Gasteiger partial charge on any atom is -0.462 e. The number of hydrogen-bond donors (Lipinski definition) is 3. The Bertz CT molecular complexity index is 2070. The van der Waals surface area contributed by atoms with E-state index in [0.717, 1.165) is 128 Å². The van der Waals surface area contributed by atoms with Crippen LogP contribution in [0.3, 0.4) is 0 Å². The van der Waals surface area contributed by atoms with Crippen LogP contribution < -0.4 is 0 Å². The number of rotatable bonds is 81. The maximum absolute atomic E-state index is 13.1. The molecule has 0 heterocycles. The third-order valence-electron chi connectivity index (χ3n) is 18.6. The van der Waals surface area contributed by atoms with Gasteiger partial charge in [-0.2, -0.15) is 0 Å². The number of ether oxygens (including phenoxy) is 4. The van der Waals surface area contributed by atoms with E-state index in [2.05, 4.69) is 64.2 Å². The number of phosphoric acid groups is 2. The Hall–Kier alpha value is -2.72. The zero-order valence-corrected chi connectivity index (χ0v) is 67.6. The summed E-state index contributed by atoms with van der Waals surface area (Å²) < 4.78 is 68.8. The molecule has 0 radical (unpaired) electrons. The number of allylic oxidation sites excluding steroid dienone is 6. The standard InChI is InChI=1S/C83H156O17P2/c1-5-9-13-17-21-25-29-33-37-38-42-46-50-54-58-62-66-70-83(88)100-79(74-94-81(86)68-64-60-56-52-48-44-40-35-31-27-23-19-15-11-7-3)76-98-102(91,92)96-72-77(84)71-95-101(89,90)97-75-78(99-82(87)69-65-61-57-53-49-45-41-36-32-28-24-20-16-12-8-4)73-93-80(85)67-63-59-55-51-47-43-39-34-30-26-22-18-14-10-6-2/h23,27,35-36,40-41,77-79,84H,5-22,24-26,28-34,37-39,42-76H2,1-4H3,(H,89,90)(H,91,92)/b27-23-,40-35-,41-36-/t77-,78+,79+/m0/s1. The van der Waals surface area contributed by atoms with E-state index in [1.165, 1.54) is 205 Å². The predicted octanol–water partition coefficient (Wildman–Crippen LogP) is 24.7. The number of carbonyl (C=O) groups excluding carboxylic acids is 4. The summed E-state index contributed by atoms with van der Waals surface area (Å²) >= 11 is 0.